The lowest BCUT2D eigenvalue weighted by atomic mass is 9.63. The predicted molar refractivity (Wildman–Crippen MR) is 270 cm³/mol. The third-order valence-electron chi connectivity index (χ3n) is 15.2. The van der Waals surface area contributed by atoms with Gasteiger partial charge in [0.1, 0.15) is 0 Å². The van der Waals surface area contributed by atoms with E-state index in [-0.39, 0.29) is 16.2 Å². The fourth-order valence-corrected chi connectivity index (χ4v) is 11.7. The van der Waals surface area contributed by atoms with Crippen molar-refractivity contribution in [3.63, 3.8) is 0 Å². The van der Waals surface area contributed by atoms with Crippen LogP contribution in [-0.4, -0.2) is 24.1 Å². The summed E-state index contributed by atoms with van der Waals surface area (Å²) >= 11 is 0. The molecule has 0 amide bonds. The summed E-state index contributed by atoms with van der Waals surface area (Å²) < 4.78 is 4.88. The van der Waals surface area contributed by atoms with Crippen LogP contribution in [-0.2, 0) is 16.2 Å². The molecule has 5 nitrogen and oxygen atoms in total. The molecule has 0 radical (unpaired) electrons. The first-order valence-electron chi connectivity index (χ1n) is 23.1. The number of rotatable bonds is 4. The number of nitrogens with zero attached hydrogens (tertiary/aromatic N) is 5. The molecule has 2 aliphatic rings. The molecule has 0 saturated heterocycles. The smallest absolute Gasteiger partial charge is 0.238 e. The standard InChI is InChI=1S/C60H49N5/c1-58(2)31-32-59(3,4)48-35-50-44(34-47(48)58)52-42-25-14-13-24-41(42)51-43-26-16-18-28-49(43)65(54(51)53(52)64(50)38-21-11-8-12-22-38)57-62-55(36-19-9-7-10-20-36)61-56(63-57)37-29-30-40-39-23-15-17-27-45(39)60(5,6)46(40)33-37/h7-30,33-35H,31-32H2,1-6H3. The Bertz CT molecular complexity index is 3790. The second kappa shape index (κ2) is 13.3. The van der Waals surface area contributed by atoms with Gasteiger partial charge in [0.2, 0.25) is 5.95 Å². The largest absolute Gasteiger partial charge is 0.307 e. The van der Waals surface area contributed by atoms with Crippen molar-refractivity contribution in [1.29, 1.82) is 0 Å². The van der Waals surface area contributed by atoms with Crippen molar-refractivity contribution >= 4 is 54.4 Å². The third-order valence-corrected chi connectivity index (χ3v) is 15.2. The summed E-state index contributed by atoms with van der Waals surface area (Å²) in [6, 6.07) is 59.8. The van der Waals surface area contributed by atoms with Crippen LogP contribution in [0.3, 0.4) is 0 Å². The molecule has 0 saturated carbocycles. The van der Waals surface area contributed by atoms with Gasteiger partial charge in [-0.3, -0.25) is 4.57 Å². The highest BCUT2D eigenvalue weighted by molar-refractivity contribution is 6.36. The molecular formula is C60H49N5. The van der Waals surface area contributed by atoms with Gasteiger partial charge in [0.05, 0.1) is 22.1 Å². The van der Waals surface area contributed by atoms with Crippen LogP contribution in [0.15, 0.2) is 164 Å². The monoisotopic (exact) mass is 839 g/mol. The topological polar surface area (TPSA) is 48.5 Å². The Labute approximate surface area is 379 Å². The van der Waals surface area contributed by atoms with Crippen LogP contribution in [0.25, 0.3) is 99.9 Å². The predicted octanol–water partition coefficient (Wildman–Crippen LogP) is 15.2. The second-order valence-electron chi connectivity index (χ2n) is 20.3. The minimum absolute atomic E-state index is 0.0357. The third kappa shape index (κ3) is 5.36. The molecule has 5 heteroatoms. The normalized spacial score (nSPS) is 15.8. The second-order valence-corrected chi connectivity index (χ2v) is 20.3. The average molecular weight is 840 g/mol. The van der Waals surface area contributed by atoms with Gasteiger partial charge >= 0.3 is 0 Å². The lowest BCUT2D eigenvalue weighted by Gasteiger charge is -2.42. The average Bonchev–Trinajstić information content (AvgIpc) is 3.94. The van der Waals surface area contributed by atoms with Gasteiger partial charge in [0.15, 0.2) is 11.6 Å². The molecule has 2 aliphatic carbocycles. The molecule has 65 heavy (non-hydrogen) atoms. The van der Waals surface area contributed by atoms with Crippen LogP contribution >= 0.6 is 0 Å². The molecule has 0 atom stereocenters. The van der Waals surface area contributed by atoms with Crippen molar-refractivity contribution in [2.75, 3.05) is 0 Å². The van der Waals surface area contributed by atoms with Crippen LogP contribution in [0.2, 0.25) is 0 Å². The molecule has 314 valence electrons. The van der Waals surface area contributed by atoms with E-state index >= 15 is 0 Å². The molecular weight excluding hydrogens is 791 g/mol. The first-order chi connectivity index (χ1) is 31.5. The summed E-state index contributed by atoms with van der Waals surface area (Å²) in [6.45, 7) is 14.4. The summed E-state index contributed by atoms with van der Waals surface area (Å²) in [5.74, 6) is 1.87. The summed E-state index contributed by atoms with van der Waals surface area (Å²) in [5.41, 5.74) is 15.5. The Kier molecular flexibility index (Phi) is 7.82. The van der Waals surface area contributed by atoms with E-state index in [1.165, 1.54) is 65.8 Å². The molecule has 13 rings (SSSR count). The van der Waals surface area contributed by atoms with Crippen molar-refractivity contribution in [1.82, 2.24) is 24.1 Å². The van der Waals surface area contributed by atoms with Crippen LogP contribution in [0.5, 0.6) is 0 Å². The molecule has 0 bridgehead atoms. The fraction of sp³-hybridized carbons (Fsp3) is 0.183. The van der Waals surface area contributed by atoms with E-state index in [2.05, 4.69) is 208 Å². The van der Waals surface area contributed by atoms with E-state index in [0.29, 0.717) is 17.6 Å². The SMILES string of the molecule is CC1(C)CCC(C)(C)c2cc3c(cc21)c1c2ccccc2c2c4ccccc4n(-c4nc(-c5ccccc5)nc(-c5ccc6c(c5)C(C)(C)c5ccccc5-6)n4)c2c1n3-c1ccccc1. The van der Waals surface area contributed by atoms with Gasteiger partial charge in [-0.1, -0.05) is 169 Å². The summed E-state index contributed by atoms with van der Waals surface area (Å²) in [6.07, 6.45) is 2.29. The van der Waals surface area contributed by atoms with Crippen LogP contribution < -0.4 is 0 Å². The maximum atomic E-state index is 5.57. The molecule has 8 aromatic carbocycles. The maximum absolute atomic E-state index is 5.57. The van der Waals surface area contributed by atoms with E-state index in [1.54, 1.807) is 0 Å². The van der Waals surface area contributed by atoms with Crippen molar-refractivity contribution in [3.05, 3.63) is 186 Å². The highest BCUT2D eigenvalue weighted by atomic mass is 15.2. The highest BCUT2D eigenvalue weighted by Crippen LogP contribution is 2.52. The van der Waals surface area contributed by atoms with E-state index in [9.17, 15) is 0 Å². The van der Waals surface area contributed by atoms with Gasteiger partial charge in [-0.15, -0.1) is 0 Å². The first-order valence-corrected chi connectivity index (χ1v) is 23.1. The minimum Gasteiger partial charge on any atom is -0.307 e. The highest BCUT2D eigenvalue weighted by Gasteiger charge is 2.39. The number of fused-ring (bicyclic) bond motifs is 14. The summed E-state index contributed by atoms with van der Waals surface area (Å²) in [4.78, 5) is 16.4. The van der Waals surface area contributed by atoms with E-state index in [0.717, 1.165) is 51.6 Å². The fourth-order valence-electron chi connectivity index (χ4n) is 11.7. The molecule has 0 N–H and O–H groups in total. The van der Waals surface area contributed by atoms with Crippen LogP contribution in [0.4, 0.5) is 0 Å². The zero-order chi connectivity index (χ0) is 44.0. The van der Waals surface area contributed by atoms with Gasteiger partial charge in [-0.2, -0.15) is 9.97 Å². The zero-order valence-corrected chi connectivity index (χ0v) is 37.7. The minimum atomic E-state index is -0.173. The van der Waals surface area contributed by atoms with E-state index in [1.807, 2.05) is 6.07 Å². The van der Waals surface area contributed by atoms with E-state index < -0.39 is 0 Å². The van der Waals surface area contributed by atoms with Crippen molar-refractivity contribution in [2.45, 2.75) is 70.6 Å². The number of hydrogen-bond acceptors (Lipinski definition) is 3. The first kappa shape index (κ1) is 38.1. The molecule has 11 aromatic rings. The quantitative estimate of drug-likeness (QED) is 0.177. The molecule has 0 spiro atoms. The van der Waals surface area contributed by atoms with Gasteiger partial charge in [0, 0.05) is 43.8 Å². The van der Waals surface area contributed by atoms with Crippen molar-refractivity contribution in [2.24, 2.45) is 0 Å². The summed E-state index contributed by atoms with van der Waals surface area (Å²) in [7, 11) is 0. The Morgan fingerprint density at radius 3 is 1.68 bits per heavy atom. The van der Waals surface area contributed by atoms with Gasteiger partial charge in [-0.05, 0) is 104 Å². The van der Waals surface area contributed by atoms with E-state index in [4.69, 9.17) is 15.0 Å². The Morgan fingerprint density at radius 1 is 0.400 bits per heavy atom. The molecule has 0 aliphatic heterocycles. The number of hydrogen-bond donors (Lipinski definition) is 0. The Balaban J connectivity index is 1.20. The Morgan fingerprint density at radius 2 is 0.954 bits per heavy atom. The van der Waals surface area contributed by atoms with Crippen molar-refractivity contribution < 1.29 is 0 Å². The van der Waals surface area contributed by atoms with Gasteiger partial charge < -0.3 is 4.57 Å². The van der Waals surface area contributed by atoms with Gasteiger partial charge in [0.25, 0.3) is 0 Å². The van der Waals surface area contributed by atoms with Crippen LogP contribution in [0, 0.1) is 0 Å². The Hall–Kier alpha value is -7.37. The van der Waals surface area contributed by atoms with Crippen LogP contribution in [0.1, 0.15) is 76.6 Å². The van der Waals surface area contributed by atoms with Crippen molar-refractivity contribution in [3.8, 4) is 45.5 Å². The van der Waals surface area contributed by atoms with Gasteiger partial charge in [-0.25, -0.2) is 4.98 Å². The molecule has 0 fully saturated rings. The number of para-hydroxylation sites is 2. The number of aromatic nitrogens is 5. The molecule has 0 unspecified atom stereocenters. The zero-order valence-electron chi connectivity index (χ0n) is 37.7. The lowest BCUT2D eigenvalue weighted by Crippen LogP contribution is -2.33. The lowest BCUT2D eigenvalue weighted by molar-refractivity contribution is 0.332. The summed E-state index contributed by atoms with van der Waals surface area (Å²) in [5, 5.41) is 7.32. The molecule has 3 heterocycles. The maximum Gasteiger partial charge on any atom is 0.238 e. The molecule has 3 aromatic heterocycles. The number of benzene rings is 8.